The van der Waals surface area contributed by atoms with Crippen LogP contribution in [0, 0.1) is 5.82 Å². The summed E-state index contributed by atoms with van der Waals surface area (Å²) in [7, 11) is 4.00. The van der Waals surface area contributed by atoms with E-state index in [9.17, 15) is 9.18 Å². The van der Waals surface area contributed by atoms with E-state index in [4.69, 9.17) is 11.6 Å². The number of carbonyl (C=O) groups excluding carboxylic acids is 1. The van der Waals surface area contributed by atoms with Gasteiger partial charge in [0.1, 0.15) is 11.3 Å². The van der Waals surface area contributed by atoms with Crippen LogP contribution in [0.3, 0.4) is 0 Å². The molecule has 1 heterocycles. The number of thiazole rings is 1. The Morgan fingerprint density at radius 1 is 1.17 bits per heavy atom. The van der Waals surface area contributed by atoms with E-state index in [0.29, 0.717) is 34.4 Å². The van der Waals surface area contributed by atoms with Crippen LogP contribution in [0.1, 0.15) is 12.8 Å². The second-order valence-electron chi connectivity index (χ2n) is 6.84. The lowest BCUT2D eigenvalue weighted by molar-refractivity contribution is -0.118. The van der Waals surface area contributed by atoms with Crippen LogP contribution in [0.15, 0.2) is 47.4 Å². The molecule has 0 radical (unpaired) electrons. The highest BCUT2D eigenvalue weighted by Crippen LogP contribution is 2.31. The molecule has 0 spiro atoms. The van der Waals surface area contributed by atoms with Crippen LogP contribution in [0.2, 0.25) is 5.02 Å². The third-order valence-corrected chi connectivity index (χ3v) is 6.59. The van der Waals surface area contributed by atoms with E-state index in [1.807, 2.05) is 44.4 Å². The lowest BCUT2D eigenvalue weighted by Crippen LogP contribution is -2.33. The van der Waals surface area contributed by atoms with E-state index in [-0.39, 0.29) is 11.7 Å². The van der Waals surface area contributed by atoms with Gasteiger partial charge in [-0.1, -0.05) is 29.0 Å². The molecule has 0 bridgehead atoms. The van der Waals surface area contributed by atoms with Gasteiger partial charge in [0.15, 0.2) is 5.13 Å². The summed E-state index contributed by atoms with van der Waals surface area (Å²) >= 11 is 8.89. The number of para-hydroxylation sites is 1. The highest BCUT2D eigenvalue weighted by Gasteiger charge is 2.20. The monoisotopic (exact) mass is 451 g/mol. The maximum atomic E-state index is 14.1. The number of aromatic nitrogens is 1. The van der Waals surface area contributed by atoms with Crippen molar-refractivity contribution in [2.45, 2.75) is 17.7 Å². The van der Waals surface area contributed by atoms with Gasteiger partial charge >= 0.3 is 0 Å². The second-order valence-corrected chi connectivity index (χ2v) is 9.45. The van der Waals surface area contributed by atoms with Gasteiger partial charge in [-0.25, -0.2) is 9.37 Å². The van der Waals surface area contributed by atoms with Crippen molar-refractivity contribution in [1.82, 2.24) is 9.88 Å². The summed E-state index contributed by atoms with van der Waals surface area (Å²) in [6, 6.07) is 12.5. The molecule has 0 aliphatic heterocycles. The molecule has 1 aromatic heterocycles. The fraction of sp³-hybridized carbons (Fsp3) is 0.333. The molecule has 29 heavy (non-hydrogen) atoms. The number of nitrogens with zero attached hydrogens (tertiary/aromatic N) is 3. The van der Waals surface area contributed by atoms with E-state index in [1.165, 1.54) is 17.4 Å². The van der Waals surface area contributed by atoms with Crippen LogP contribution in [-0.4, -0.2) is 48.7 Å². The molecule has 0 saturated heterocycles. The topological polar surface area (TPSA) is 36.4 Å². The van der Waals surface area contributed by atoms with Gasteiger partial charge in [-0.05, 0) is 63.5 Å². The summed E-state index contributed by atoms with van der Waals surface area (Å²) in [4.78, 5) is 22.3. The summed E-state index contributed by atoms with van der Waals surface area (Å²) in [5.41, 5.74) is 0.327. The molecule has 154 valence electrons. The van der Waals surface area contributed by atoms with E-state index in [1.54, 1.807) is 22.7 Å². The van der Waals surface area contributed by atoms with E-state index < -0.39 is 0 Å². The van der Waals surface area contributed by atoms with E-state index in [2.05, 4.69) is 9.88 Å². The zero-order chi connectivity index (χ0) is 20.8. The summed E-state index contributed by atoms with van der Waals surface area (Å²) in [5, 5.41) is 1.26. The SMILES string of the molecule is CN(C)CCCN(C(=O)CCSc1ccc(Cl)cc1)c1nc2c(F)cccc2s1. The molecule has 0 aliphatic carbocycles. The van der Waals surface area contributed by atoms with Gasteiger partial charge in [0.25, 0.3) is 0 Å². The molecule has 1 amide bonds. The number of thioether (sulfide) groups is 1. The molecule has 3 aromatic rings. The zero-order valence-corrected chi connectivity index (χ0v) is 18.8. The lowest BCUT2D eigenvalue weighted by Gasteiger charge is -2.21. The molecule has 0 aliphatic rings. The van der Waals surface area contributed by atoms with Gasteiger partial charge in [-0.15, -0.1) is 11.8 Å². The van der Waals surface area contributed by atoms with Crippen molar-refractivity contribution in [2.75, 3.05) is 37.8 Å². The van der Waals surface area contributed by atoms with Crippen LogP contribution in [0.25, 0.3) is 10.2 Å². The fourth-order valence-electron chi connectivity index (χ4n) is 2.81. The average molecular weight is 452 g/mol. The van der Waals surface area contributed by atoms with Crippen molar-refractivity contribution in [1.29, 1.82) is 0 Å². The molecule has 8 heteroatoms. The molecular weight excluding hydrogens is 429 g/mol. The maximum Gasteiger partial charge on any atom is 0.229 e. The van der Waals surface area contributed by atoms with Crippen LogP contribution >= 0.6 is 34.7 Å². The average Bonchev–Trinajstić information content (AvgIpc) is 3.12. The first-order chi connectivity index (χ1) is 13.9. The third-order valence-electron chi connectivity index (χ3n) is 4.28. The van der Waals surface area contributed by atoms with Gasteiger partial charge in [-0.2, -0.15) is 0 Å². The smallest absolute Gasteiger partial charge is 0.229 e. The van der Waals surface area contributed by atoms with Gasteiger partial charge in [-0.3, -0.25) is 9.69 Å². The largest absolute Gasteiger partial charge is 0.309 e. The first-order valence-corrected chi connectivity index (χ1v) is 11.5. The zero-order valence-electron chi connectivity index (χ0n) is 16.4. The number of fused-ring (bicyclic) bond motifs is 1. The standard InChI is InChI=1S/C21H23ClFN3OS2/c1-25(2)12-4-13-26(21-24-20-17(23)5-3-6-18(20)29-21)19(27)11-14-28-16-9-7-15(22)8-10-16/h3,5-10H,4,11-14H2,1-2H3. The molecule has 0 atom stereocenters. The molecule has 0 N–H and O–H groups in total. The van der Waals surface area contributed by atoms with Gasteiger partial charge in [0, 0.05) is 28.6 Å². The second kappa shape index (κ2) is 10.4. The molecule has 0 fully saturated rings. The Bertz CT molecular complexity index is 962. The third kappa shape index (κ3) is 6.15. The highest BCUT2D eigenvalue weighted by molar-refractivity contribution is 7.99. The minimum atomic E-state index is -0.357. The van der Waals surface area contributed by atoms with Gasteiger partial charge < -0.3 is 4.90 Å². The lowest BCUT2D eigenvalue weighted by atomic mass is 10.3. The minimum absolute atomic E-state index is 0.00434. The van der Waals surface area contributed by atoms with Crippen molar-refractivity contribution in [3.05, 3.63) is 53.3 Å². The van der Waals surface area contributed by atoms with Crippen LogP contribution < -0.4 is 4.90 Å². The Morgan fingerprint density at radius 3 is 2.62 bits per heavy atom. The molecule has 4 nitrogen and oxygen atoms in total. The Kier molecular flexibility index (Phi) is 7.89. The predicted molar refractivity (Wildman–Crippen MR) is 122 cm³/mol. The molecule has 0 unspecified atom stereocenters. The Balaban J connectivity index is 1.70. The van der Waals surface area contributed by atoms with Crippen molar-refractivity contribution in [3.63, 3.8) is 0 Å². The normalized spacial score (nSPS) is 11.3. The molecule has 3 rings (SSSR count). The van der Waals surface area contributed by atoms with E-state index >= 15 is 0 Å². The van der Waals surface area contributed by atoms with Crippen LogP contribution in [0.5, 0.6) is 0 Å². The number of anilines is 1. The number of amides is 1. The van der Waals surface area contributed by atoms with Crippen molar-refractivity contribution in [2.24, 2.45) is 0 Å². The maximum absolute atomic E-state index is 14.1. The van der Waals surface area contributed by atoms with Gasteiger partial charge in [0.05, 0.1) is 4.70 Å². The predicted octanol–water partition coefficient (Wildman–Crippen LogP) is 5.56. The quantitative estimate of drug-likeness (QED) is 0.399. The first-order valence-electron chi connectivity index (χ1n) is 9.32. The Hall–Kier alpha value is -1.67. The number of halogens is 2. The number of hydrogen-bond donors (Lipinski definition) is 0. The summed E-state index contributed by atoms with van der Waals surface area (Å²) < 4.78 is 14.8. The number of benzene rings is 2. The molecule has 0 saturated carbocycles. The number of hydrogen-bond acceptors (Lipinski definition) is 5. The van der Waals surface area contributed by atoms with Crippen molar-refractivity contribution < 1.29 is 9.18 Å². The van der Waals surface area contributed by atoms with Crippen molar-refractivity contribution >= 4 is 56.0 Å². The Labute approximate surface area is 183 Å². The molecule has 2 aromatic carbocycles. The minimum Gasteiger partial charge on any atom is -0.309 e. The molecular formula is C21H23ClFN3OS2. The van der Waals surface area contributed by atoms with Crippen molar-refractivity contribution in [3.8, 4) is 0 Å². The number of carbonyl (C=O) groups is 1. The highest BCUT2D eigenvalue weighted by atomic mass is 35.5. The van der Waals surface area contributed by atoms with Crippen LogP contribution in [-0.2, 0) is 4.79 Å². The van der Waals surface area contributed by atoms with E-state index in [0.717, 1.165) is 22.6 Å². The van der Waals surface area contributed by atoms with Gasteiger partial charge in [0.2, 0.25) is 5.91 Å². The Morgan fingerprint density at radius 2 is 1.93 bits per heavy atom. The summed E-state index contributed by atoms with van der Waals surface area (Å²) in [5.74, 6) is 0.304. The van der Waals surface area contributed by atoms with Crippen LogP contribution in [0.4, 0.5) is 9.52 Å². The number of rotatable bonds is 9. The fourth-order valence-corrected chi connectivity index (χ4v) is 4.80. The first kappa shape index (κ1) is 22.0. The summed E-state index contributed by atoms with van der Waals surface area (Å²) in [6.07, 6.45) is 1.20. The summed E-state index contributed by atoms with van der Waals surface area (Å²) in [6.45, 7) is 1.42.